The van der Waals surface area contributed by atoms with Gasteiger partial charge in [0.15, 0.2) is 11.5 Å². The Balaban J connectivity index is 1.32. The Morgan fingerprint density at radius 1 is 0.962 bits per heavy atom. The van der Waals surface area contributed by atoms with Gasteiger partial charge in [-0.25, -0.2) is 0 Å². The van der Waals surface area contributed by atoms with Crippen LogP contribution < -0.4 is 20.1 Å². The first-order valence-corrected chi connectivity index (χ1v) is 8.18. The molecule has 0 fully saturated rings. The monoisotopic (exact) mass is 351 g/mol. The van der Waals surface area contributed by atoms with Crippen molar-refractivity contribution in [3.63, 3.8) is 0 Å². The molecule has 0 bridgehead atoms. The second kappa shape index (κ2) is 7.14. The lowest BCUT2D eigenvalue weighted by molar-refractivity contribution is -0.114. The first-order valence-electron chi connectivity index (χ1n) is 8.18. The van der Waals surface area contributed by atoms with Gasteiger partial charge >= 0.3 is 0 Å². The number of aromatic nitrogens is 3. The van der Waals surface area contributed by atoms with E-state index in [0.29, 0.717) is 30.4 Å². The topological polar surface area (TPSA) is 90.3 Å². The number of carbonyl (C=O) groups is 1. The first kappa shape index (κ1) is 15.9. The number of fused-ring (bicyclic) bond motifs is 1. The molecular formula is C18H17N5O3. The van der Waals surface area contributed by atoms with Gasteiger partial charge in [0.2, 0.25) is 5.91 Å². The summed E-state index contributed by atoms with van der Waals surface area (Å²) in [6.07, 6.45) is 3.24. The van der Waals surface area contributed by atoms with E-state index in [1.165, 1.54) is 4.80 Å². The average molecular weight is 351 g/mol. The number of nitrogens with one attached hydrogen (secondary N) is 2. The second-order valence-corrected chi connectivity index (χ2v) is 5.63. The summed E-state index contributed by atoms with van der Waals surface area (Å²) in [4.78, 5) is 13.7. The van der Waals surface area contributed by atoms with Gasteiger partial charge in [-0.1, -0.05) is 0 Å². The smallest absolute Gasteiger partial charge is 0.243 e. The maximum absolute atomic E-state index is 12.1. The number of hydrogen-bond acceptors (Lipinski definition) is 6. The van der Waals surface area contributed by atoms with Crippen molar-refractivity contribution in [1.82, 2.24) is 15.0 Å². The Labute approximate surface area is 149 Å². The molecule has 26 heavy (non-hydrogen) atoms. The predicted octanol–water partition coefficient (Wildman–Crippen LogP) is 2.09. The maximum Gasteiger partial charge on any atom is 0.243 e. The van der Waals surface area contributed by atoms with Gasteiger partial charge in [-0.15, -0.1) is 0 Å². The van der Waals surface area contributed by atoms with E-state index in [-0.39, 0.29) is 12.5 Å². The fourth-order valence-corrected chi connectivity index (χ4v) is 2.57. The molecule has 0 spiro atoms. The summed E-state index contributed by atoms with van der Waals surface area (Å²) in [7, 11) is 0. The summed E-state index contributed by atoms with van der Waals surface area (Å²) >= 11 is 0. The van der Waals surface area contributed by atoms with Gasteiger partial charge in [-0.05, 0) is 36.4 Å². The Bertz CT molecular complexity index is 894. The second-order valence-electron chi connectivity index (χ2n) is 5.63. The molecule has 0 unspecified atom stereocenters. The zero-order valence-corrected chi connectivity index (χ0v) is 13.9. The third-order valence-corrected chi connectivity index (χ3v) is 3.80. The van der Waals surface area contributed by atoms with E-state index in [4.69, 9.17) is 9.47 Å². The van der Waals surface area contributed by atoms with Crippen LogP contribution in [0.5, 0.6) is 11.5 Å². The molecule has 8 nitrogen and oxygen atoms in total. The van der Waals surface area contributed by atoms with Gasteiger partial charge in [0.05, 0.1) is 24.6 Å². The SMILES string of the molecule is O=C(CNc1ccc(-n2nccn2)cc1)Nc1ccc2c(c1)OCCO2. The Morgan fingerprint density at radius 2 is 1.65 bits per heavy atom. The lowest BCUT2D eigenvalue weighted by Crippen LogP contribution is -2.22. The normalized spacial score (nSPS) is 12.5. The lowest BCUT2D eigenvalue weighted by atomic mass is 10.2. The van der Waals surface area contributed by atoms with E-state index >= 15 is 0 Å². The number of benzene rings is 2. The minimum atomic E-state index is -0.153. The minimum Gasteiger partial charge on any atom is -0.486 e. The molecule has 0 radical (unpaired) electrons. The van der Waals surface area contributed by atoms with E-state index in [1.54, 1.807) is 30.6 Å². The van der Waals surface area contributed by atoms with Crippen LogP contribution in [0.15, 0.2) is 54.9 Å². The van der Waals surface area contributed by atoms with E-state index in [1.807, 2.05) is 24.3 Å². The summed E-state index contributed by atoms with van der Waals surface area (Å²) in [5, 5.41) is 14.1. The first-order chi connectivity index (χ1) is 12.8. The number of amides is 1. The molecular weight excluding hydrogens is 334 g/mol. The third kappa shape index (κ3) is 3.59. The quantitative estimate of drug-likeness (QED) is 0.731. The van der Waals surface area contributed by atoms with Gasteiger partial charge in [0.25, 0.3) is 0 Å². The van der Waals surface area contributed by atoms with Crippen LogP contribution in [-0.4, -0.2) is 40.7 Å². The Kier molecular flexibility index (Phi) is 4.38. The van der Waals surface area contributed by atoms with Crippen LogP contribution in [0.2, 0.25) is 0 Å². The van der Waals surface area contributed by atoms with Crippen molar-refractivity contribution < 1.29 is 14.3 Å². The molecule has 2 N–H and O–H groups in total. The third-order valence-electron chi connectivity index (χ3n) is 3.80. The molecule has 8 heteroatoms. The molecule has 0 atom stereocenters. The molecule has 0 aliphatic carbocycles. The highest BCUT2D eigenvalue weighted by atomic mass is 16.6. The average Bonchev–Trinajstić information content (AvgIpc) is 3.21. The van der Waals surface area contributed by atoms with Crippen LogP contribution in [0.3, 0.4) is 0 Å². The van der Waals surface area contributed by atoms with Crippen LogP contribution in [-0.2, 0) is 4.79 Å². The van der Waals surface area contributed by atoms with Gasteiger partial charge < -0.3 is 20.1 Å². The van der Waals surface area contributed by atoms with Crippen molar-refractivity contribution in [2.75, 3.05) is 30.4 Å². The molecule has 0 saturated heterocycles. The van der Waals surface area contributed by atoms with Gasteiger partial charge in [-0.2, -0.15) is 15.0 Å². The highest BCUT2D eigenvalue weighted by Crippen LogP contribution is 2.32. The Hall–Kier alpha value is -3.55. The predicted molar refractivity (Wildman–Crippen MR) is 95.9 cm³/mol. The van der Waals surface area contributed by atoms with Crippen molar-refractivity contribution in [1.29, 1.82) is 0 Å². The number of nitrogens with zero attached hydrogens (tertiary/aromatic N) is 3. The molecule has 1 aliphatic heterocycles. The number of carbonyl (C=O) groups excluding carboxylic acids is 1. The molecule has 2 heterocycles. The van der Waals surface area contributed by atoms with Crippen molar-refractivity contribution in [2.45, 2.75) is 0 Å². The number of anilines is 2. The van der Waals surface area contributed by atoms with Gasteiger partial charge in [0, 0.05) is 17.4 Å². The van der Waals surface area contributed by atoms with Gasteiger partial charge in [0.1, 0.15) is 13.2 Å². The Morgan fingerprint density at radius 3 is 2.42 bits per heavy atom. The fraction of sp³-hybridized carbons (Fsp3) is 0.167. The van der Waals surface area contributed by atoms with E-state index < -0.39 is 0 Å². The standard InChI is InChI=1S/C18H17N5O3/c24-18(22-14-3-6-16-17(11-14)26-10-9-25-16)12-19-13-1-4-15(5-2-13)23-20-7-8-21-23/h1-8,11,19H,9-10,12H2,(H,22,24). The molecule has 132 valence electrons. The zero-order chi connectivity index (χ0) is 17.8. The number of hydrogen-bond donors (Lipinski definition) is 2. The fourth-order valence-electron chi connectivity index (χ4n) is 2.57. The van der Waals surface area contributed by atoms with E-state index in [0.717, 1.165) is 11.4 Å². The summed E-state index contributed by atoms with van der Waals surface area (Å²) in [5.74, 6) is 1.18. The summed E-state index contributed by atoms with van der Waals surface area (Å²) < 4.78 is 11.0. The summed E-state index contributed by atoms with van der Waals surface area (Å²) in [5.41, 5.74) is 2.35. The molecule has 1 amide bonds. The van der Waals surface area contributed by atoms with E-state index in [9.17, 15) is 4.79 Å². The van der Waals surface area contributed by atoms with Crippen LogP contribution in [0.25, 0.3) is 5.69 Å². The molecule has 2 aromatic carbocycles. The zero-order valence-electron chi connectivity index (χ0n) is 13.9. The van der Waals surface area contributed by atoms with E-state index in [2.05, 4.69) is 20.8 Å². The number of rotatable bonds is 5. The highest BCUT2D eigenvalue weighted by Gasteiger charge is 2.12. The highest BCUT2D eigenvalue weighted by molar-refractivity contribution is 5.94. The molecule has 1 aliphatic rings. The molecule has 0 saturated carbocycles. The van der Waals surface area contributed by atoms with Crippen LogP contribution in [0, 0.1) is 0 Å². The van der Waals surface area contributed by atoms with Crippen LogP contribution in [0.4, 0.5) is 11.4 Å². The maximum atomic E-state index is 12.1. The lowest BCUT2D eigenvalue weighted by Gasteiger charge is -2.19. The van der Waals surface area contributed by atoms with Gasteiger partial charge in [-0.3, -0.25) is 4.79 Å². The van der Waals surface area contributed by atoms with Crippen LogP contribution in [0.1, 0.15) is 0 Å². The molecule has 1 aromatic heterocycles. The number of ether oxygens (including phenoxy) is 2. The van der Waals surface area contributed by atoms with Crippen molar-refractivity contribution in [2.24, 2.45) is 0 Å². The largest absolute Gasteiger partial charge is 0.486 e. The van der Waals surface area contributed by atoms with Crippen molar-refractivity contribution in [3.8, 4) is 17.2 Å². The van der Waals surface area contributed by atoms with Crippen molar-refractivity contribution >= 4 is 17.3 Å². The summed E-state index contributed by atoms with van der Waals surface area (Å²) in [6, 6.07) is 12.8. The van der Waals surface area contributed by atoms with Crippen molar-refractivity contribution in [3.05, 3.63) is 54.9 Å². The molecule has 3 aromatic rings. The summed E-state index contributed by atoms with van der Waals surface area (Å²) in [6.45, 7) is 1.20. The van der Waals surface area contributed by atoms with Crippen LogP contribution >= 0.6 is 0 Å². The molecule has 4 rings (SSSR count). The minimum absolute atomic E-state index is 0.147.